The quantitative estimate of drug-likeness (QED) is 0.821. The molecule has 1 nitrogen and oxygen atoms in total. The molecule has 14 heavy (non-hydrogen) atoms. The molecule has 1 rings (SSSR count). The molecule has 0 spiro atoms. The van der Waals surface area contributed by atoms with Crippen LogP contribution in [0.5, 0.6) is 0 Å². The van der Waals surface area contributed by atoms with E-state index in [0.29, 0.717) is 5.92 Å². The highest BCUT2D eigenvalue weighted by Gasteiger charge is 2.06. The molecule has 1 unspecified atom stereocenters. The molecule has 0 fully saturated rings. The summed E-state index contributed by atoms with van der Waals surface area (Å²) in [5.74, 6) is 0.593. The van der Waals surface area contributed by atoms with Gasteiger partial charge in [-0.2, -0.15) is 0 Å². The van der Waals surface area contributed by atoms with E-state index in [1.54, 1.807) is 0 Å². The molecule has 0 bridgehead atoms. The lowest BCUT2D eigenvalue weighted by atomic mass is 9.94. The number of benzene rings is 1. The second kappa shape index (κ2) is 6.05. The number of nitrogens with two attached hydrogens (primary N) is 1. The Morgan fingerprint density at radius 3 is 2.21 bits per heavy atom. The Bertz CT molecular complexity index is 269. The fourth-order valence-electron chi connectivity index (χ4n) is 1.63. The molecule has 2 N–H and O–H groups in total. The predicted octanol–water partition coefficient (Wildman–Crippen LogP) is 3.12. The predicted molar refractivity (Wildman–Crippen MR) is 65.1 cm³/mol. The van der Waals surface area contributed by atoms with Gasteiger partial charge in [0.1, 0.15) is 0 Å². The van der Waals surface area contributed by atoms with Crippen LogP contribution in [0.2, 0.25) is 0 Å². The monoisotopic (exact) mass is 213 g/mol. The molecule has 1 aromatic carbocycles. The largest absolute Gasteiger partial charge is 0.328 e. The molecule has 2 heteroatoms. The SMILES string of the molecule is CC(N)Cc1ccccc1C(C)C.Cl. The molecule has 0 aliphatic rings. The van der Waals surface area contributed by atoms with Gasteiger partial charge in [-0.15, -0.1) is 12.4 Å². The Morgan fingerprint density at radius 1 is 1.14 bits per heavy atom. The number of hydrogen-bond acceptors (Lipinski definition) is 1. The Hall–Kier alpha value is -0.530. The lowest BCUT2D eigenvalue weighted by Crippen LogP contribution is -2.18. The van der Waals surface area contributed by atoms with Crippen molar-refractivity contribution >= 4 is 12.4 Å². The van der Waals surface area contributed by atoms with Crippen molar-refractivity contribution < 1.29 is 0 Å². The molecule has 0 radical (unpaired) electrons. The molecule has 0 saturated heterocycles. The number of halogens is 1. The highest BCUT2D eigenvalue weighted by Crippen LogP contribution is 2.19. The zero-order valence-electron chi connectivity index (χ0n) is 9.16. The van der Waals surface area contributed by atoms with Crippen LogP contribution in [0, 0.1) is 0 Å². The zero-order chi connectivity index (χ0) is 9.84. The van der Waals surface area contributed by atoms with Crippen molar-refractivity contribution in [3.63, 3.8) is 0 Å². The van der Waals surface area contributed by atoms with Crippen LogP contribution in [0.1, 0.15) is 37.8 Å². The van der Waals surface area contributed by atoms with E-state index in [0.717, 1.165) is 6.42 Å². The standard InChI is InChI=1S/C12H19N.ClH/c1-9(2)12-7-5-4-6-11(12)8-10(3)13;/h4-7,9-10H,8,13H2,1-3H3;1H. The van der Waals surface area contributed by atoms with Gasteiger partial charge in [0.15, 0.2) is 0 Å². The third-order valence-electron chi connectivity index (χ3n) is 2.22. The van der Waals surface area contributed by atoms with Crippen molar-refractivity contribution in [1.29, 1.82) is 0 Å². The average molecular weight is 214 g/mol. The lowest BCUT2D eigenvalue weighted by Gasteiger charge is -2.13. The molecule has 0 aliphatic carbocycles. The van der Waals surface area contributed by atoms with E-state index in [1.165, 1.54) is 11.1 Å². The van der Waals surface area contributed by atoms with Crippen LogP contribution in [-0.4, -0.2) is 6.04 Å². The van der Waals surface area contributed by atoms with Gasteiger partial charge in [-0.25, -0.2) is 0 Å². The Labute approximate surface area is 93.1 Å². The maximum Gasteiger partial charge on any atom is 0.00510 e. The molecular formula is C12H20ClN. The highest BCUT2D eigenvalue weighted by atomic mass is 35.5. The van der Waals surface area contributed by atoms with Gasteiger partial charge in [0.25, 0.3) is 0 Å². The van der Waals surface area contributed by atoms with Crippen LogP contribution in [-0.2, 0) is 6.42 Å². The molecule has 0 aromatic heterocycles. The minimum Gasteiger partial charge on any atom is -0.328 e. The van der Waals surface area contributed by atoms with Gasteiger partial charge in [-0.3, -0.25) is 0 Å². The van der Waals surface area contributed by atoms with Crippen LogP contribution in [0.15, 0.2) is 24.3 Å². The maximum absolute atomic E-state index is 5.79. The maximum atomic E-state index is 5.79. The molecular weight excluding hydrogens is 194 g/mol. The fourth-order valence-corrected chi connectivity index (χ4v) is 1.63. The Balaban J connectivity index is 0.00000169. The van der Waals surface area contributed by atoms with Crippen LogP contribution >= 0.6 is 12.4 Å². The third kappa shape index (κ3) is 3.69. The molecule has 1 atom stereocenters. The smallest absolute Gasteiger partial charge is 0.00510 e. The van der Waals surface area contributed by atoms with Gasteiger partial charge >= 0.3 is 0 Å². The summed E-state index contributed by atoms with van der Waals surface area (Å²) in [7, 11) is 0. The lowest BCUT2D eigenvalue weighted by molar-refractivity contribution is 0.721. The topological polar surface area (TPSA) is 26.0 Å². The summed E-state index contributed by atoms with van der Waals surface area (Å²) in [6.45, 7) is 6.50. The first kappa shape index (κ1) is 13.5. The normalized spacial score (nSPS) is 12.4. The van der Waals surface area contributed by atoms with Gasteiger partial charge in [0, 0.05) is 6.04 Å². The van der Waals surface area contributed by atoms with Crippen LogP contribution in [0.3, 0.4) is 0 Å². The molecule has 0 aliphatic heterocycles. The number of hydrogen-bond donors (Lipinski definition) is 1. The molecule has 0 heterocycles. The van der Waals surface area contributed by atoms with Gasteiger partial charge in [0.2, 0.25) is 0 Å². The Kier molecular flexibility index (Phi) is 5.82. The van der Waals surface area contributed by atoms with Gasteiger partial charge in [-0.1, -0.05) is 38.1 Å². The second-order valence-electron chi connectivity index (χ2n) is 4.03. The minimum atomic E-state index is 0. The molecule has 0 amide bonds. The molecule has 80 valence electrons. The second-order valence-corrected chi connectivity index (χ2v) is 4.03. The van der Waals surface area contributed by atoms with E-state index in [2.05, 4.69) is 45.0 Å². The van der Waals surface area contributed by atoms with E-state index in [1.807, 2.05) is 0 Å². The van der Waals surface area contributed by atoms with E-state index < -0.39 is 0 Å². The summed E-state index contributed by atoms with van der Waals surface area (Å²) in [6.07, 6.45) is 0.981. The van der Waals surface area contributed by atoms with Crippen LogP contribution in [0.25, 0.3) is 0 Å². The van der Waals surface area contributed by atoms with E-state index in [4.69, 9.17) is 5.73 Å². The molecule has 0 saturated carbocycles. The first-order valence-electron chi connectivity index (χ1n) is 4.94. The first-order valence-corrected chi connectivity index (χ1v) is 4.94. The van der Waals surface area contributed by atoms with Gasteiger partial charge in [0.05, 0.1) is 0 Å². The van der Waals surface area contributed by atoms with Crippen molar-refractivity contribution in [3.05, 3.63) is 35.4 Å². The van der Waals surface area contributed by atoms with Crippen molar-refractivity contribution in [3.8, 4) is 0 Å². The summed E-state index contributed by atoms with van der Waals surface area (Å²) in [5.41, 5.74) is 8.62. The van der Waals surface area contributed by atoms with Crippen molar-refractivity contribution in [2.45, 2.75) is 39.2 Å². The summed E-state index contributed by atoms with van der Waals surface area (Å²) in [4.78, 5) is 0. The summed E-state index contributed by atoms with van der Waals surface area (Å²) >= 11 is 0. The minimum absolute atomic E-state index is 0. The van der Waals surface area contributed by atoms with Crippen molar-refractivity contribution in [2.24, 2.45) is 5.73 Å². The first-order chi connectivity index (χ1) is 6.11. The zero-order valence-corrected chi connectivity index (χ0v) is 9.97. The Morgan fingerprint density at radius 2 is 1.71 bits per heavy atom. The van der Waals surface area contributed by atoms with E-state index in [-0.39, 0.29) is 18.4 Å². The van der Waals surface area contributed by atoms with Gasteiger partial charge in [-0.05, 0) is 30.4 Å². The van der Waals surface area contributed by atoms with E-state index >= 15 is 0 Å². The van der Waals surface area contributed by atoms with E-state index in [9.17, 15) is 0 Å². The molecule has 1 aromatic rings. The fraction of sp³-hybridized carbons (Fsp3) is 0.500. The summed E-state index contributed by atoms with van der Waals surface area (Å²) < 4.78 is 0. The highest BCUT2D eigenvalue weighted by molar-refractivity contribution is 5.85. The van der Waals surface area contributed by atoms with Crippen molar-refractivity contribution in [1.82, 2.24) is 0 Å². The third-order valence-corrected chi connectivity index (χ3v) is 2.22. The summed E-state index contributed by atoms with van der Waals surface area (Å²) in [5, 5.41) is 0. The number of rotatable bonds is 3. The summed E-state index contributed by atoms with van der Waals surface area (Å²) in [6, 6.07) is 8.81. The van der Waals surface area contributed by atoms with Crippen LogP contribution < -0.4 is 5.73 Å². The van der Waals surface area contributed by atoms with Crippen molar-refractivity contribution in [2.75, 3.05) is 0 Å². The van der Waals surface area contributed by atoms with Gasteiger partial charge < -0.3 is 5.73 Å². The van der Waals surface area contributed by atoms with Crippen LogP contribution in [0.4, 0.5) is 0 Å². The average Bonchev–Trinajstić information content (AvgIpc) is 2.03.